The second kappa shape index (κ2) is 9.67. The topological polar surface area (TPSA) is 158 Å². The van der Waals surface area contributed by atoms with Crippen molar-refractivity contribution in [2.45, 2.75) is 43.4 Å². The van der Waals surface area contributed by atoms with Crippen LogP contribution >= 0.6 is 0 Å². The van der Waals surface area contributed by atoms with E-state index in [4.69, 9.17) is 14.2 Å². The summed E-state index contributed by atoms with van der Waals surface area (Å²) in [6.45, 7) is -0.861. The van der Waals surface area contributed by atoms with Crippen LogP contribution < -0.4 is 5.32 Å². The van der Waals surface area contributed by atoms with Crippen LogP contribution in [-0.4, -0.2) is 81.6 Å². The summed E-state index contributed by atoms with van der Waals surface area (Å²) in [7, 11) is 0. The standard InChI is InChI=1S/C22H27NO9/c24-8-11-6-7-13-14(20(29)23-12-4-2-1-3-5-12)10-30-21(16(11)13)32-22-19(28)18(27)17(26)15(9-25)31-22/h1-6,10,13,15-19,21-22,24-28H,7-9H2,(H,23,29)/t13-,15-,16-,17-,18+,19-,21+,22+/m1/s1. The van der Waals surface area contributed by atoms with Gasteiger partial charge in [0.05, 0.1) is 31.0 Å². The normalized spacial score (nSPS) is 36.5. The molecule has 1 amide bonds. The molecule has 4 rings (SSSR count). The Labute approximate surface area is 184 Å². The minimum absolute atomic E-state index is 0.271. The average Bonchev–Trinajstić information content (AvgIpc) is 3.24. The SMILES string of the molecule is O=C(Nc1ccccc1)C1=CO[C@@H](O[C@@H]2O[C@H](CO)[C@@H](O)[C@H](O)[C@H]2O)[C@@H]2C(CO)=CC[C@H]12. The molecule has 1 fully saturated rings. The maximum Gasteiger partial charge on any atom is 0.255 e. The molecule has 3 aliphatic rings. The second-order valence-electron chi connectivity index (χ2n) is 8.04. The number of nitrogens with one attached hydrogen (secondary N) is 1. The average molecular weight is 449 g/mol. The Bertz CT molecular complexity index is 871. The van der Waals surface area contributed by atoms with Crippen LogP contribution in [0.1, 0.15) is 6.42 Å². The molecule has 2 heterocycles. The zero-order valence-corrected chi connectivity index (χ0v) is 17.2. The van der Waals surface area contributed by atoms with Crippen LogP contribution in [0.4, 0.5) is 5.69 Å². The number of para-hydroxylation sites is 1. The number of carbonyl (C=O) groups excluding carboxylic acids is 1. The van der Waals surface area contributed by atoms with E-state index in [0.717, 1.165) is 0 Å². The van der Waals surface area contributed by atoms with Crippen molar-refractivity contribution < 1.29 is 44.5 Å². The summed E-state index contributed by atoms with van der Waals surface area (Å²) in [6, 6.07) is 8.96. The molecule has 0 unspecified atom stereocenters. The molecule has 1 aromatic carbocycles. The van der Waals surface area contributed by atoms with Crippen molar-refractivity contribution in [1.82, 2.24) is 0 Å². The number of aliphatic hydroxyl groups excluding tert-OH is 5. The molecule has 32 heavy (non-hydrogen) atoms. The Morgan fingerprint density at radius 3 is 2.50 bits per heavy atom. The monoisotopic (exact) mass is 449 g/mol. The van der Waals surface area contributed by atoms with Gasteiger partial charge in [0.25, 0.3) is 5.91 Å². The zero-order valence-electron chi connectivity index (χ0n) is 17.2. The number of hydrogen-bond acceptors (Lipinski definition) is 9. The summed E-state index contributed by atoms with van der Waals surface area (Å²) in [5, 5.41) is 52.2. The van der Waals surface area contributed by atoms with Gasteiger partial charge in [-0.25, -0.2) is 0 Å². The van der Waals surface area contributed by atoms with Crippen molar-refractivity contribution in [2.24, 2.45) is 11.8 Å². The van der Waals surface area contributed by atoms with Gasteiger partial charge in [0.15, 0.2) is 6.29 Å². The Hall–Kier alpha value is -2.31. The van der Waals surface area contributed by atoms with E-state index < -0.39 is 49.5 Å². The number of allylic oxidation sites excluding steroid dienone is 1. The van der Waals surface area contributed by atoms with Gasteiger partial charge in [0, 0.05) is 11.6 Å². The van der Waals surface area contributed by atoms with Crippen LogP contribution in [0.3, 0.4) is 0 Å². The minimum Gasteiger partial charge on any atom is -0.471 e. The molecule has 1 saturated heterocycles. The smallest absolute Gasteiger partial charge is 0.255 e. The van der Waals surface area contributed by atoms with Crippen LogP contribution in [0.5, 0.6) is 0 Å². The number of amides is 1. The summed E-state index contributed by atoms with van der Waals surface area (Å²) in [5.41, 5.74) is 1.62. The fourth-order valence-corrected chi connectivity index (χ4v) is 4.36. The first-order valence-electron chi connectivity index (χ1n) is 10.4. The molecule has 0 spiro atoms. The van der Waals surface area contributed by atoms with Gasteiger partial charge >= 0.3 is 0 Å². The zero-order chi connectivity index (χ0) is 22.8. The quantitative estimate of drug-likeness (QED) is 0.307. The molecule has 0 bridgehead atoms. The summed E-state index contributed by atoms with van der Waals surface area (Å²) < 4.78 is 16.9. The molecule has 1 aromatic rings. The third-order valence-corrected chi connectivity index (χ3v) is 6.11. The lowest BCUT2D eigenvalue weighted by molar-refractivity contribution is -0.339. The first kappa shape index (κ1) is 22.9. The van der Waals surface area contributed by atoms with Crippen molar-refractivity contribution in [3.8, 4) is 0 Å². The van der Waals surface area contributed by atoms with Gasteiger partial charge in [-0.2, -0.15) is 0 Å². The highest BCUT2D eigenvalue weighted by molar-refractivity contribution is 6.04. The molecule has 0 aromatic heterocycles. The van der Waals surface area contributed by atoms with Gasteiger partial charge in [-0.05, 0) is 24.1 Å². The highest BCUT2D eigenvalue weighted by Crippen LogP contribution is 2.44. The fourth-order valence-electron chi connectivity index (χ4n) is 4.36. The van der Waals surface area contributed by atoms with Gasteiger partial charge in [0.1, 0.15) is 24.4 Å². The van der Waals surface area contributed by atoms with Crippen molar-refractivity contribution in [2.75, 3.05) is 18.5 Å². The Morgan fingerprint density at radius 2 is 1.81 bits per heavy atom. The van der Waals surface area contributed by atoms with E-state index in [1.165, 1.54) is 6.26 Å². The Kier molecular flexibility index (Phi) is 6.91. The number of rotatable bonds is 6. The molecule has 0 saturated carbocycles. The predicted molar refractivity (Wildman–Crippen MR) is 110 cm³/mol. The first-order valence-corrected chi connectivity index (χ1v) is 10.4. The number of ether oxygens (including phenoxy) is 3. The minimum atomic E-state index is -1.59. The highest BCUT2D eigenvalue weighted by Gasteiger charge is 2.49. The molecule has 1 aliphatic carbocycles. The maximum absolute atomic E-state index is 12.9. The first-order chi connectivity index (χ1) is 15.4. The number of fused-ring (bicyclic) bond motifs is 1. The highest BCUT2D eigenvalue weighted by atomic mass is 16.8. The van der Waals surface area contributed by atoms with Crippen molar-refractivity contribution in [3.63, 3.8) is 0 Å². The van der Waals surface area contributed by atoms with Crippen molar-refractivity contribution in [3.05, 3.63) is 53.8 Å². The molecule has 174 valence electrons. The Morgan fingerprint density at radius 1 is 1.06 bits per heavy atom. The summed E-state index contributed by atoms with van der Waals surface area (Å²) >= 11 is 0. The molecular formula is C22H27NO9. The van der Waals surface area contributed by atoms with E-state index in [1.807, 2.05) is 12.1 Å². The van der Waals surface area contributed by atoms with E-state index in [9.17, 15) is 30.3 Å². The van der Waals surface area contributed by atoms with Crippen LogP contribution in [0.25, 0.3) is 0 Å². The third-order valence-electron chi connectivity index (χ3n) is 6.11. The van der Waals surface area contributed by atoms with Crippen molar-refractivity contribution >= 4 is 11.6 Å². The van der Waals surface area contributed by atoms with E-state index in [0.29, 0.717) is 23.3 Å². The number of aliphatic hydroxyl groups is 5. The van der Waals surface area contributed by atoms with Crippen LogP contribution in [-0.2, 0) is 19.0 Å². The fraction of sp³-hybridized carbons (Fsp3) is 0.500. The van der Waals surface area contributed by atoms with E-state index in [2.05, 4.69) is 5.32 Å². The van der Waals surface area contributed by atoms with Gasteiger partial charge < -0.3 is 45.1 Å². The molecular weight excluding hydrogens is 422 g/mol. The van der Waals surface area contributed by atoms with E-state index in [1.54, 1.807) is 24.3 Å². The third kappa shape index (κ3) is 4.30. The number of hydrogen-bond donors (Lipinski definition) is 6. The summed E-state index contributed by atoms with van der Waals surface area (Å²) in [5.74, 6) is -1.22. The predicted octanol–water partition coefficient (Wildman–Crippen LogP) is -0.763. The summed E-state index contributed by atoms with van der Waals surface area (Å²) in [6.07, 6.45) is -4.67. The number of benzene rings is 1. The lowest BCUT2D eigenvalue weighted by Gasteiger charge is -2.43. The van der Waals surface area contributed by atoms with Gasteiger partial charge in [-0.15, -0.1) is 0 Å². The Balaban J connectivity index is 1.52. The molecule has 0 radical (unpaired) electrons. The molecule has 10 heteroatoms. The largest absolute Gasteiger partial charge is 0.471 e. The number of carbonyl (C=O) groups is 1. The lowest BCUT2D eigenvalue weighted by atomic mass is 9.83. The van der Waals surface area contributed by atoms with Crippen LogP contribution in [0.2, 0.25) is 0 Å². The van der Waals surface area contributed by atoms with E-state index in [-0.39, 0.29) is 18.4 Å². The van der Waals surface area contributed by atoms with Gasteiger partial charge in [0.2, 0.25) is 6.29 Å². The van der Waals surface area contributed by atoms with Crippen molar-refractivity contribution in [1.29, 1.82) is 0 Å². The molecule has 2 aliphatic heterocycles. The summed E-state index contributed by atoms with van der Waals surface area (Å²) in [4.78, 5) is 12.9. The maximum atomic E-state index is 12.9. The molecule has 8 atom stereocenters. The molecule has 6 N–H and O–H groups in total. The number of anilines is 1. The van der Waals surface area contributed by atoms with Gasteiger partial charge in [-0.3, -0.25) is 4.79 Å². The lowest BCUT2D eigenvalue weighted by Crippen LogP contribution is -2.60. The van der Waals surface area contributed by atoms with Crippen LogP contribution in [0, 0.1) is 11.8 Å². The van der Waals surface area contributed by atoms with Crippen LogP contribution in [0.15, 0.2) is 53.8 Å². The second-order valence-corrected chi connectivity index (χ2v) is 8.04. The van der Waals surface area contributed by atoms with E-state index >= 15 is 0 Å². The van der Waals surface area contributed by atoms with Gasteiger partial charge in [-0.1, -0.05) is 24.3 Å². The molecule has 10 nitrogen and oxygen atoms in total.